The van der Waals surface area contributed by atoms with Crippen molar-refractivity contribution in [2.75, 3.05) is 19.8 Å². The molecule has 236 valence electrons. The summed E-state index contributed by atoms with van der Waals surface area (Å²) in [5, 5.41) is 9.65. The van der Waals surface area contributed by atoms with E-state index in [9.17, 15) is 23.5 Å². The average molecular weight is 634 g/mol. The van der Waals surface area contributed by atoms with Gasteiger partial charge in [-0.1, -0.05) is 17.7 Å². The van der Waals surface area contributed by atoms with Crippen LogP contribution in [0.2, 0.25) is 5.02 Å². The van der Waals surface area contributed by atoms with Crippen LogP contribution in [0, 0.1) is 17.5 Å². The maximum Gasteiger partial charge on any atom is 0.410 e. The van der Waals surface area contributed by atoms with Crippen molar-refractivity contribution in [3.8, 4) is 0 Å². The molecule has 0 unspecified atom stereocenters. The lowest BCUT2D eigenvalue weighted by molar-refractivity contribution is -0.118. The molecule has 8 nitrogen and oxygen atoms in total. The second-order valence-corrected chi connectivity index (χ2v) is 12.2. The number of amides is 1. The Labute approximate surface area is 259 Å². The third-order valence-corrected chi connectivity index (χ3v) is 7.62. The number of benzene rings is 1. The van der Waals surface area contributed by atoms with E-state index in [4.69, 9.17) is 21.1 Å². The highest BCUT2D eigenvalue weighted by molar-refractivity contribution is 6.30. The van der Waals surface area contributed by atoms with Crippen LogP contribution in [0.4, 0.5) is 18.0 Å². The first-order valence-electron chi connectivity index (χ1n) is 14.2. The molecule has 12 heteroatoms. The molecule has 44 heavy (non-hydrogen) atoms. The van der Waals surface area contributed by atoms with E-state index in [0.717, 1.165) is 12.4 Å². The lowest BCUT2D eigenvalue weighted by atomic mass is 9.86. The quantitative estimate of drug-likeness (QED) is 0.301. The van der Waals surface area contributed by atoms with Gasteiger partial charge in [0, 0.05) is 31.2 Å². The van der Waals surface area contributed by atoms with Gasteiger partial charge in [0.15, 0.2) is 0 Å². The van der Waals surface area contributed by atoms with Gasteiger partial charge in [-0.25, -0.2) is 18.0 Å². The van der Waals surface area contributed by atoms with Gasteiger partial charge in [-0.05, 0) is 74.1 Å². The standard InChI is InChI=1S/C32H35ClF3N3O5/c1-32(2,3)44-31(42)39-16-25(43-18-23(39)17-40)5-6-26-21(13-38-15-30(26)36)9-24(41)11-27(20-8-22(34)14-37-12-20)19-4-7-28(33)29(35)10-19/h4,7-8,10,12-15,23,25,27,40H,5-6,9,11,16-18H2,1-3H3/t23-,25-,27+/m1/s1. The second kappa shape index (κ2) is 14.5. The summed E-state index contributed by atoms with van der Waals surface area (Å²) in [5.74, 6) is -2.90. The zero-order valence-electron chi connectivity index (χ0n) is 24.7. The number of morpholine rings is 1. The summed E-state index contributed by atoms with van der Waals surface area (Å²) in [5.41, 5.74) is 0.726. The van der Waals surface area contributed by atoms with E-state index in [0.29, 0.717) is 23.1 Å². The smallest absolute Gasteiger partial charge is 0.410 e. The summed E-state index contributed by atoms with van der Waals surface area (Å²) in [7, 11) is 0. The van der Waals surface area contributed by atoms with Crippen LogP contribution < -0.4 is 0 Å². The van der Waals surface area contributed by atoms with Gasteiger partial charge in [-0.15, -0.1) is 0 Å². The molecule has 0 radical (unpaired) electrons. The number of nitrogens with zero attached hydrogens (tertiary/aromatic N) is 3. The average Bonchev–Trinajstić information content (AvgIpc) is 2.96. The number of rotatable bonds is 10. The lowest BCUT2D eigenvalue weighted by Gasteiger charge is -2.39. The fourth-order valence-electron chi connectivity index (χ4n) is 5.16. The number of halogens is 4. The van der Waals surface area contributed by atoms with Crippen molar-refractivity contribution in [3.05, 3.63) is 93.8 Å². The number of hydrogen-bond donors (Lipinski definition) is 1. The number of aliphatic hydroxyl groups excluding tert-OH is 1. The van der Waals surface area contributed by atoms with Crippen LogP contribution in [0.1, 0.15) is 61.8 Å². The van der Waals surface area contributed by atoms with Gasteiger partial charge in [0.25, 0.3) is 0 Å². The molecule has 0 bridgehead atoms. The molecule has 1 fully saturated rings. The van der Waals surface area contributed by atoms with E-state index in [1.165, 1.54) is 35.5 Å². The molecular weight excluding hydrogens is 599 g/mol. The van der Waals surface area contributed by atoms with Crippen LogP contribution >= 0.6 is 11.6 Å². The van der Waals surface area contributed by atoms with E-state index < -0.39 is 47.2 Å². The van der Waals surface area contributed by atoms with Crippen molar-refractivity contribution in [2.45, 2.75) is 70.1 Å². The number of carbonyl (C=O) groups is 2. The Kier molecular flexibility index (Phi) is 11.0. The van der Waals surface area contributed by atoms with Crippen molar-refractivity contribution >= 4 is 23.5 Å². The van der Waals surface area contributed by atoms with E-state index in [-0.39, 0.29) is 55.4 Å². The third kappa shape index (κ3) is 8.77. The molecule has 1 aromatic carbocycles. The molecule has 3 heterocycles. The van der Waals surface area contributed by atoms with Crippen molar-refractivity contribution in [3.63, 3.8) is 0 Å². The summed E-state index contributed by atoms with van der Waals surface area (Å²) >= 11 is 5.85. The summed E-state index contributed by atoms with van der Waals surface area (Å²) in [4.78, 5) is 35.4. The van der Waals surface area contributed by atoms with E-state index in [1.54, 1.807) is 26.8 Å². The second-order valence-electron chi connectivity index (χ2n) is 11.8. The van der Waals surface area contributed by atoms with Crippen molar-refractivity contribution in [1.29, 1.82) is 0 Å². The van der Waals surface area contributed by atoms with Gasteiger partial charge in [0.1, 0.15) is 28.8 Å². The molecule has 3 aromatic rings. The van der Waals surface area contributed by atoms with E-state index in [2.05, 4.69) is 9.97 Å². The highest BCUT2D eigenvalue weighted by Gasteiger charge is 2.35. The Hall–Kier alpha value is -3.54. The SMILES string of the molecule is CC(C)(C)OC(=O)N1C[C@@H](CCc2c(F)cncc2CC(=O)C[C@H](c2cncc(F)c2)c2ccc(Cl)c(F)c2)OC[C@H]1CO. The molecule has 1 N–H and O–H groups in total. The van der Waals surface area contributed by atoms with Gasteiger partial charge in [-0.2, -0.15) is 0 Å². The number of aliphatic hydroxyl groups is 1. The minimum absolute atomic E-state index is 0.0882. The Morgan fingerprint density at radius 3 is 2.52 bits per heavy atom. The third-order valence-electron chi connectivity index (χ3n) is 7.31. The van der Waals surface area contributed by atoms with Crippen LogP contribution in [0.15, 0.2) is 49.1 Å². The molecular formula is C32H35ClF3N3O5. The van der Waals surface area contributed by atoms with Gasteiger partial charge < -0.3 is 14.6 Å². The largest absolute Gasteiger partial charge is 0.444 e. The molecule has 1 saturated heterocycles. The topological polar surface area (TPSA) is 102 Å². The molecule has 2 aromatic heterocycles. The van der Waals surface area contributed by atoms with Crippen LogP contribution in [0.5, 0.6) is 0 Å². The minimum atomic E-state index is -0.726. The van der Waals surface area contributed by atoms with Gasteiger partial charge in [-0.3, -0.25) is 19.7 Å². The van der Waals surface area contributed by atoms with E-state index in [1.807, 2.05) is 0 Å². The predicted octanol–water partition coefficient (Wildman–Crippen LogP) is 5.81. The van der Waals surface area contributed by atoms with Gasteiger partial charge in [0.2, 0.25) is 0 Å². The lowest BCUT2D eigenvalue weighted by Crippen LogP contribution is -2.55. The Morgan fingerprint density at radius 1 is 1.09 bits per heavy atom. The highest BCUT2D eigenvalue weighted by Crippen LogP contribution is 2.31. The van der Waals surface area contributed by atoms with Crippen LogP contribution in [0.3, 0.4) is 0 Å². The molecule has 0 spiro atoms. The number of ketones is 1. The molecule has 1 aliphatic heterocycles. The Bertz CT molecular complexity index is 1490. The van der Waals surface area contributed by atoms with Crippen LogP contribution in [-0.2, 0) is 27.1 Å². The molecule has 0 aliphatic carbocycles. The molecule has 3 atom stereocenters. The first-order valence-corrected chi connectivity index (χ1v) is 14.6. The molecule has 1 amide bonds. The number of carbonyl (C=O) groups excluding carboxylic acids is 2. The minimum Gasteiger partial charge on any atom is -0.444 e. The predicted molar refractivity (Wildman–Crippen MR) is 157 cm³/mol. The monoisotopic (exact) mass is 633 g/mol. The van der Waals surface area contributed by atoms with Crippen molar-refractivity contribution < 1.29 is 37.3 Å². The van der Waals surface area contributed by atoms with Gasteiger partial charge in [0.05, 0.1) is 49.3 Å². The Morgan fingerprint density at radius 2 is 1.84 bits per heavy atom. The summed E-state index contributed by atoms with van der Waals surface area (Å²) in [6.07, 6.45) is 4.09. The van der Waals surface area contributed by atoms with Gasteiger partial charge >= 0.3 is 6.09 Å². The molecule has 4 rings (SSSR count). The molecule has 0 saturated carbocycles. The summed E-state index contributed by atoms with van der Waals surface area (Å²) < 4.78 is 54.8. The maximum atomic E-state index is 15.0. The number of Topliss-reactive ketones (excluding diaryl/α,β-unsaturated/α-hetero) is 1. The number of ether oxygens (including phenoxy) is 2. The van der Waals surface area contributed by atoms with Crippen molar-refractivity contribution in [2.24, 2.45) is 0 Å². The maximum absolute atomic E-state index is 15.0. The zero-order valence-corrected chi connectivity index (χ0v) is 25.5. The summed E-state index contributed by atoms with van der Waals surface area (Å²) in [6, 6.07) is 4.80. The van der Waals surface area contributed by atoms with Crippen LogP contribution in [0.25, 0.3) is 0 Å². The number of pyridine rings is 2. The Balaban J connectivity index is 1.48. The normalized spacial score (nSPS) is 17.8. The summed E-state index contributed by atoms with van der Waals surface area (Å²) in [6.45, 7) is 5.17. The highest BCUT2D eigenvalue weighted by atomic mass is 35.5. The fraction of sp³-hybridized carbons (Fsp3) is 0.438. The first-order chi connectivity index (χ1) is 20.8. The van der Waals surface area contributed by atoms with Crippen molar-refractivity contribution in [1.82, 2.24) is 14.9 Å². The van der Waals surface area contributed by atoms with E-state index >= 15 is 4.39 Å². The number of aromatic nitrogens is 2. The fourth-order valence-corrected chi connectivity index (χ4v) is 5.27. The van der Waals surface area contributed by atoms with Crippen LogP contribution in [-0.4, -0.2) is 69.4 Å². The zero-order chi connectivity index (χ0) is 32.0. The number of hydrogen-bond acceptors (Lipinski definition) is 7. The first kappa shape index (κ1) is 33.4. The molecule has 1 aliphatic rings.